The topological polar surface area (TPSA) is 58.4 Å². The van der Waals surface area contributed by atoms with Crippen molar-refractivity contribution in [2.24, 2.45) is 5.84 Å². The third-order valence-electron chi connectivity index (χ3n) is 3.81. The van der Waals surface area contributed by atoms with Crippen molar-refractivity contribution in [1.29, 1.82) is 0 Å². The minimum absolute atomic E-state index is 0.154. The molecule has 1 aromatic carbocycles. The summed E-state index contributed by atoms with van der Waals surface area (Å²) in [5.41, 5.74) is 4.15. The van der Waals surface area contributed by atoms with E-state index in [1.54, 1.807) is 0 Å². The van der Waals surface area contributed by atoms with Crippen molar-refractivity contribution in [2.75, 3.05) is 12.0 Å². The zero-order valence-corrected chi connectivity index (χ0v) is 11.6. The van der Waals surface area contributed by atoms with Gasteiger partial charge < -0.3 is 10.3 Å². The summed E-state index contributed by atoms with van der Waals surface area (Å²) in [6.07, 6.45) is 5.74. The maximum atomic E-state index is 12.6. The molecule has 19 heavy (non-hydrogen) atoms. The number of carbonyl (C=O) groups excluding carboxylic acids is 1. The van der Waals surface area contributed by atoms with Gasteiger partial charge in [-0.1, -0.05) is 13.3 Å². The molecule has 1 aliphatic heterocycles. The maximum absolute atomic E-state index is 12.6. The lowest BCUT2D eigenvalue weighted by atomic mass is 9.97. The second-order valence-electron chi connectivity index (χ2n) is 5.16. The minimum Gasteiger partial charge on any atom is -0.336 e. The molecule has 2 rings (SSSR count). The van der Waals surface area contributed by atoms with E-state index in [1.807, 2.05) is 24.3 Å². The maximum Gasteiger partial charge on any atom is 0.254 e. The van der Waals surface area contributed by atoms with Crippen LogP contribution < -0.4 is 11.3 Å². The van der Waals surface area contributed by atoms with Crippen LogP contribution in [0.5, 0.6) is 0 Å². The fourth-order valence-electron chi connectivity index (χ4n) is 2.78. The predicted molar refractivity (Wildman–Crippen MR) is 77.8 cm³/mol. The van der Waals surface area contributed by atoms with Crippen molar-refractivity contribution in [1.82, 2.24) is 4.90 Å². The fraction of sp³-hybridized carbons (Fsp3) is 0.533. The van der Waals surface area contributed by atoms with Crippen LogP contribution >= 0.6 is 0 Å². The number of nitrogens with two attached hydrogens (primary N) is 1. The van der Waals surface area contributed by atoms with E-state index in [2.05, 4.69) is 17.2 Å². The van der Waals surface area contributed by atoms with E-state index in [4.69, 9.17) is 5.84 Å². The van der Waals surface area contributed by atoms with Crippen LogP contribution in [0, 0.1) is 0 Å². The van der Waals surface area contributed by atoms with Gasteiger partial charge in [0.2, 0.25) is 0 Å². The first-order valence-corrected chi connectivity index (χ1v) is 7.14. The number of hydrogen-bond donors (Lipinski definition) is 2. The van der Waals surface area contributed by atoms with Crippen LogP contribution in [0.25, 0.3) is 0 Å². The van der Waals surface area contributed by atoms with Gasteiger partial charge in [0, 0.05) is 23.8 Å². The standard InChI is InChI=1S/C15H23N3O/c1-2-5-14-6-3-4-11-18(14)15(19)12-7-9-13(17-16)10-8-12/h7-10,14,17H,2-6,11,16H2,1H3. The van der Waals surface area contributed by atoms with Crippen LogP contribution in [0.3, 0.4) is 0 Å². The number of carbonyl (C=O) groups is 1. The molecule has 0 bridgehead atoms. The van der Waals surface area contributed by atoms with Crippen molar-refractivity contribution in [3.05, 3.63) is 29.8 Å². The highest BCUT2D eigenvalue weighted by atomic mass is 16.2. The Kier molecular flexibility index (Phi) is 4.80. The summed E-state index contributed by atoms with van der Waals surface area (Å²) in [5.74, 6) is 5.49. The lowest BCUT2D eigenvalue weighted by Crippen LogP contribution is -2.43. The van der Waals surface area contributed by atoms with Crippen molar-refractivity contribution >= 4 is 11.6 Å². The van der Waals surface area contributed by atoms with Crippen LogP contribution in [0.15, 0.2) is 24.3 Å². The van der Waals surface area contributed by atoms with Crippen LogP contribution in [0.4, 0.5) is 5.69 Å². The van der Waals surface area contributed by atoms with Gasteiger partial charge in [-0.3, -0.25) is 10.6 Å². The zero-order valence-electron chi connectivity index (χ0n) is 11.6. The predicted octanol–water partition coefficient (Wildman–Crippen LogP) is 2.77. The normalized spacial score (nSPS) is 19.3. The summed E-state index contributed by atoms with van der Waals surface area (Å²) in [4.78, 5) is 14.6. The van der Waals surface area contributed by atoms with Gasteiger partial charge in [0.25, 0.3) is 5.91 Å². The van der Waals surface area contributed by atoms with Crippen molar-refractivity contribution in [3.8, 4) is 0 Å². The Morgan fingerprint density at radius 2 is 2.11 bits per heavy atom. The first-order chi connectivity index (χ1) is 9.26. The number of anilines is 1. The summed E-state index contributed by atoms with van der Waals surface area (Å²) in [5, 5.41) is 0. The number of piperidine rings is 1. The highest BCUT2D eigenvalue weighted by Gasteiger charge is 2.26. The number of hydrazine groups is 1. The molecule has 0 radical (unpaired) electrons. The average molecular weight is 261 g/mol. The smallest absolute Gasteiger partial charge is 0.254 e. The lowest BCUT2D eigenvalue weighted by molar-refractivity contribution is 0.0600. The number of hydrogen-bond acceptors (Lipinski definition) is 3. The van der Waals surface area contributed by atoms with Gasteiger partial charge in [-0.15, -0.1) is 0 Å². The molecule has 0 aromatic heterocycles. The molecule has 1 unspecified atom stereocenters. The third kappa shape index (κ3) is 3.26. The van der Waals surface area contributed by atoms with Gasteiger partial charge in [0.05, 0.1) is 0 Å². The Morgan fingerprint density at radius 1 is 1.37 bits per heavy atom. The molecule has 3 N–H and O–H groups in total. The molecule has 1 heterocycles. The molecule has 0 aliphatic carbocycles. The Bertz CT molecular complexity index is 414. The monoisotopic (exact) mass is 261 g/mol. The quantitative estimate of drug-likeness (QED) is 0.647. The molecule has 104 valence electrons. The molecule has 4 heteroatoms. The summed E-state index contributed by atoms with van der Waals surface area (Å²) >= 11 is 0. The van der Waals surface area contributed by atoms with E-state index < -0.39 is 0 Å². The Labute approximate surface area is 114 Å². The second kappa shape index (κ2) is 6.57. The molecular weight excluding hydrogens is 238 g/mol. The van der Waals surface area contributed by atoms with Crippen LogP contribution in [-0.4, -0.2) is 23.4 Å². The molecular formula is C15H23N3O. The zero-order chi connectivity index (χ0) is 13.7. The minimum atomic E-state index is 0.154. The van der Waals surface area contributed by atoms with Gasteiger partial charge in [-0.25, -0.2) is 0 Å². The molecule has 1 amide bonds. The van der Waals surface area contributed by atoms with E-state index in [-0.39, 0.29) is 5.91 Å². The van der Waals surface area contributed by atoms with E-state index in [1.165, 1.54) is 6.42 Å². The molecule has 1 aliphatic rings. The number of nitrogens with zero attached hydrogens (tertiary/aromatic N) is 1. The van der Waals surface area contributed by atoms with Crippen molar-refractivity contribution in [3.63, 3.8) is 0 Å². The van der Waals surface area contributed by atoms with E-state index in [9.17, 15) is 4.79 Å². The first kappa shape index (κ1) is 13.9. The molecule has 0 saturated carbocycles. The highest BCUT2D eigenvalue weighted by Crippen LogP contribution is 2.23. The fourth-order valence-corrected chi connectivity index (χ4v) is 2.78. The molecule has 1 saturated heterocycles. The van der Waals surface area contributed by atoms with Crippen LogP contribution in [0.1, 0.15) is 49.4 Å². The van der Waals surface area contributed by atoms with Crippen molar-refractivity contribution < 1.29 is 4.79 Å². The van der Waals surface area contributed by atoms with Gasteiger partial charge in [0.1, 0.15) is 0 Å². The number of rotatable bonds is 4. The third-order valence-corrected chi connectivity index (χ3v) is 3.81. The van der Waals surface area contributed by atoms with Crippen LogP contribution in [0.2, 0.25) is 0 Å². The number of likely N-dealkylation sites (tertiary alicyclic amines) is 1. The Morgan fingerprint density at radius 3 is 2.74 bits per heavy atom. The Balaban J connectivity index is 2.11. The number of benzene rings is 1. The summed E-state index contributed by atoms with van der Waals surface area (Å²) in [7, 11) is 0. The number of amides is 1. The molecule has 1 atom stereocenters. The molecule has 0 spiro atoms. The summed E-state index contributed by atoms with van der Waals surface area (Å²) in [6.45, 7) is 3.07. The van der Waals surface area contributed by atoms with Gasteiger partial charge in [-0.2, -0.15) is 0 Å². The van der Waals surface area contributed by atoms with Gasteiger partial charge in [0.15, 0.2) is 0 Å². The molecule has 1 fully saturated rings. The van der Waals surface area contributed by atoms with Gasteiger partial charge >= 0.3 is 0 Å². The van der Waals surface area contributed by atoms with E-state index in [0.717, 1.165) is 43.5 Å². The number of nitrogen functional groups attached to an aromatic ring is 1. The number of nitrogens with one attached hydrogen (secondary N) is 1. The van der Waals surface area contributed by atoms with E-state index >= 15 is 0 Å². The summed E-state index contributed by atoms with van der Waals surface area (Å²) < 4.78 is 0. The molecule has 1 aromatic rings. The van der Waals surface area contributed by atoms with Crippen molar-refractivity contribution in [2.45, 2.75) is 45.1 Å². The SMILES string of the molecule is CCCC1CCCCN1C(=O)c1ccc(NN)cc1. The lowest BCUT2D eigenvalue weighted by Gasteiger charge is -2.36. The van der Waals surface area contributed by atoms with Gasteiger partial charge in [-0.05, 0) is 49.9 Å². The van der Waals surface area contributed by atoms with E-state index in [0.29, 0.717) is 6.04 Å². The average Bonchev–Trinajstić information content (AvgIpc) is 2.47. The highest BCUT2D eigenvalue weighted by molar-refractivity contribution is 5.94. The second-order valence-corrected chi connectivity index (χ2v) is 5.16. The molecule has 4 nitrogen and oxygen atoms in total. The largest absolute Gasteiger partial charge is 0.336 e. The Hall–Kier alpha value is -1.55. The van der Waals surface area contributed by atoms with Crippen LogP contribution in [-0.2, 0) is 0 Å². The summed E-state index contributed by atoms with van der Waals surface area (Å²) in [6, 6.07) is 7.78. The first-order valence-electron chi connectivity index (χ1n) is 7.14.